The number of aryl methyl sites for hydroxylation is 1. The number of hydrogen-bond donors (Lipinski definition) is 1. The van der Waals surface area contributed by atoms with E-state index in [1.165, 1.54) is 10.2 Å². The van der Waals surface area contributed by atoms with Crippen LogP contribution in [-0.4, -0.2) is 25.6 Å². The molecule has 3 rings (SSSR count). The average Bonchev–Trinajstić information content (AvgIpc) is 2.90. The van der Waals surface area contributed by atoms with E-state index >= 15 is 0 Å². The highest BCUT2D eigenvalue weighted by atomic mass is 35.5. The number of aromatic nitrogens is 4. The minimum atomic E-state index is 0.491. The van der Waals surface area contributed by atoms with Crippen molar-refractivity contribution in [2.45, 2.75) is 11.6 Å². The van der Waals surface area contributed by atoms with E-state index in [9.17, 15) is 0 Å². The molecule has 0 radical (unpaired) electrons. The lowest BCUT2D eigenvalue weighted by Crippen LogP contribution is -2.12. The van der Waals surface area contributed by atoms with Gasteiger partial charge < -0.3 is 5.84 Å². The number of nitrogens with zero attached hydrogens (tertiary/aromatic N) is 4. The normalized spacial score (nSPS) is 10.9. The van der Waals surface area contributed by atoms with Crippen molar-refractivity contribution < 1.29 is 0 Å². The van der Waals surface area contributed by atoms with Crippen LogP contribution in [0.1, 0.15) is 5.56 Å². The van der Waals surface area contributed by atoms with Crippen LogP contribution in [0.5, 0.6) is 0 Å². The Morgan fingerprint density at radius 1 is 1.09 bits per heavy atom. The first kappa shape index (κ1) is 16.1. The highest BCUT2D eigenvalue weighted by molar-refractivity contribution is 7.99. The van der Waals surface area contributed by atoms with Gasteiger partial charge in [0.1, 0.15) is 0 Å². The number of benzene rings is 1. The Kier molecular flexibility index (Phi) is 5.05. The van der Waals surface area contributed by atoms with Crippen molar-refractivity contribution >= 4 is 35.0 Å². The standard InChI is InChI=1S/C15H13Cl2N5S/c16-11-1-2-12(13(17)9-11)14-20-21-15(22(14)18)23-8-5-10-3-6-19-7-4-10/h1-4,6-7,9H,5,8,18H2. The number of pyridine rings is 1. The monoisotopic (exact) mass is 365 g/mol. The quantitative estimate of drug-likeness (QED) is 0.551. The highest BCUT2D eigenvalue weighted by Gasteiger charge is 2.15. The molecule has 2 heterocycles. The maximum absolute atomic E-state index is 6.20. The molecule has 5 nitrogen and oxygen atoms in total. The molecule has 8 heteroatoms. The van der Waals surface area contributed by atoms with Crippen molar-refractivity contribution in [1.29, 1.82) is 0 Å². The maximum atomic E-state index is 6.20. The SMILES string of the molecule is Nn1c(SCCc2ccncc2)nnc1-c1ccc(Cl)cc1Cl. The van der Waals surface area contributed by atoms with Gasteiger partial charge in [0, 0.05) is 28.7 Å². The zero-order valence-electron chi connectivity index (χ0n) is 12.0. The summed E-state index contributed by atoms with van der Waals surface area (Å²) in [5.74, 6) is 7.44. The second kappa shape index (κ2) is 7.21. The molecule has 0 saturated heterocycles. The molecule has 0 aliphatic carbocycles. The summed E-state index contributed by atoms with van der Waals surface area (Å²) in [4.78, 5) is 4.00. The topological polar surface area (TPSA) is 69.6 Å². The van der Waals surface area contributed by atoms with Gasteiger partial charge in [0.25, 0.3) is 0 Å². The van der Waals surface area contributed by atoms with Crippen LogP contribution in [0.2, 0.25) is 10.0 Å². The van der Waals surface area contributed by atoms with E-state index in [2.05, 4.69) is 15.2 Å². The van der Waals surface area contributed by atoms with Gasteiger partial charge in [0.15, 0.2) is 5.82 Å². The highest BCUT2D eigenvalue weighted by Crippen LogP contribution is 2.30. The third-order valence-electron chi connectivity index (χ3n) is 3.21. The number of rotatable bonds is 5. The molecule has 3 aromatic rings. The summed E-state index contributed by atoms with van der Waals surface area (Å²) in [6, 6.07) is 9.17. The number of nitrogen functional groups attached to an aromatic ring is 1. The van der Waals surface area contributed by atoms with E-state index in [0.29, 0.717) is 26.6 Å². The van der Waals surface area contributed by atoms with Gasteiger partial charge in [-0.3, -0.25) is 4.98 Å². The van der Waals surface area contributed by atoms with Crippen molar-refractivity contribution in [3.8, 4) is 11.4 Å². The van der Waals surface area contributed by atoms with E-state index in [0.717, 1.165) is 12.2 Å². The third kappa shape index (κ3) is 3.77. The lowest BCUT2D eigenvalue weighted by molar-refractivity contribution is 0.849. The number of thioether (sulfide) groups is 1. The Hall–Kier alpha value is -1.76. The van der Waals surface area contributed by atoms with Gasteiger partial charge >= 0.3 is 0 Å². The Bertz CT molecular complexity index is 807. The first-order valence-electron chi connectivity index (χ1n) is 6.83. The Balaban J connectivity index is 1.72. The van der Waals surface area contributed by atoms with Gasteiger partial charge in [-0.1, -0.05) is 35.0 Å². The molecule has 2 N–H and O–H groups in total. The molecule has 23 heavy (non-hydrogen) atoms. The van der Waals surface area contributed by atoms with E-state index in [1.807, 2.05) is 12.1 Å². The lowest BCUT2D eigenvalue weighted by Gasteiger charge is -2.05. The smallest absolute Gasteiger partial charge is 0.210 e. The fourth-order valence-electron chi connectivity index (χ4n) is 2.04. The van der Waals surface area contributed by atoms with Gasteiger partial charge in [0.2, 0.25) is 5.16 Å². The minimum Gasteiger partial charge on any atom is -0.335 e. The summed E-state index contributed by atoms with van der Waals surface area (Å²) in [6.45, 7) is 0. The van der Waals surface area contributed by atoms with Crippen LogP contribution < -0.4 is 5.84 Å². The van der Waals surface area contributed by atoms with Gasteiger partial charge in [-0.05, 0) is 42.3 Å². The van der Waals surface area contributed by atoms with Gasteiger partial charge in [-0.2, -0.15) is 0 Å². The second-order valence-electron chi connectivity index (χ2n) is 4.75. The van der Waals surface area contributed by atoms with Crippen LogP contribution in [0.4, 0.5) is 0 Å². The molecular weight excluding hydrogens is 353 g/mol. The Labute approximate surface area is 147 Å². The van der Waals surface area contributed by atoms with E-state index in [4.69, 9.17) is 29.0 Å². The van der Waals surface area contributed by atoms with Crippen molar-refractivity contribution in [1.82, 2.24) is 19.9 Å². The minimum absolute atomic E-state index is 0.491. The van der Waals surface area contributed by atoms with E-state index in [-0.39, 0.29) is 0 Å². The summed E-state index contributed by atoms with van der Waals surface area (Å²) in [7, 11) is 0. The molecule has 0 spiro atoms. The van der Waals surface area contributed by atoms with Crippen LogP contribution >= 0.6 is 35.0 Å². The molecule has 0 aliphatic rings. The van der Waals surface area contributed by atoms with E-state index < -0.39 is 0 Å². The summed E-state index contributed by atoms with van der Waals surface area (Å²) in [6.07, 6.45) is 4.47. The van der Waals surface area contributed by atoms with Crippen LogP contribution in [-0.2, 0) is 6.42 Å². The van der Waals surface area contributed by atoms with Crippen LogP contribution in [0.25, 0.3) is 11.4 Å². The Morgan fingerprint density at radius 2 is 1.87 bits per heavy atom. The van der Waals surface area contributed by atoms with Crippen molar-refractivity contribution in [3.63, 3.8) is 0 Å². The molecule has 0 amide bonds. The molecule has 0 unspecified atom stereocenters. The fraction of sp³-hybridized carbons (Fsp3) is 0.133. The first-order valence-corrected chi connectivity index (χ1v) is 8.57. The summed E-state index contributed by atoms with van der Waals surface area (Å²) in [5, 5.41) is 9.96. The Morgan fingerprint density at radius 3 is 2.61 bits per heavy atom. The van der Waals surface area contributed by atoms with Crippen LogP contribution in [0, 0.1) is 0 Å². The van der Waals surface area contributed by atoms with Crippen LogP contribution in [0.3, 0.4) is 0 Å². The fourth-order valence-corrected chi connectivity index (χ4v) is 3.38. The van der Waals surface area contributed by atoms with Crippen molar-refractivity contribution in [3.05, 3.63) is 58.3 Å². The molecule has 0 saturated carbocycles. The van der Waals surface area contributed by atoms with Crippen molar-refractivity contribution in [2.24, 2.45) is 0 Å². The zero-order chi connectivity index (χ0) is 16.2. The summed E-state index contributed by atoms with van der Waals surface area (Å²) >= 11 is 13.6. The van der Waals surface area contributed by atoms with E-state index in [1.54, 1.807) is 42.4 Å². The molecule has 0 atom stereocenters. The first-order chi connectivity index (χ1) is 11.1. The molecule has 1 aromatic carbocycles. The van der Waals surface area contributed by atoms with Gasteiger partial charge in [0.05, 0.1) is 5.02 Å². The van der Waals surface area contributed by atoms with Crippen molar-refractivity contribution in [2.75, 3.05) is 11.6 Å². The van der Waals surface area contributed by atoms with Crippen LogP contribution in [0.15, 0.2) is 47.9 Å². The molecule has 118 valence electrons. The number of nitrogens with two attached hydrogens (primary N) is 1. The average molecular weight is 366 g/mol. The largest absolute Gasteiger partial charge is 0.335 e. The molecular formula is C15H13Cl2N5S. The second-order valence-corrected chi connectivity index (χ2v) is 6.66. The van der Waals surface area contributed by atoms with Gasteiger partial charge in [-0.25, -0.2) is 4.68 Å². The zero-order valence-corrected chi connectivity index (χ0v) is 14.3. The lowest BCUT2D eigenvalue weighted by atomic mass is 10.2. The predicted octanol–water partition coefficient (Wildman–Crippen LogP) is 3.70. The molecule has 0 fully saturated rings. The molecule has 0 aliphatic heterocycles. The predicted molar refractivity (Wildman–Crippen MR) is 94.3 cm³/mol. The summed E-state index contributed by atoms with van der Waals surface area (Å²) in [5.41, 5.74) is 1.92. The summed E-state index contributed by atoms with van der Waals surface area (Å²) < 4.78 is 1.45. The van der Waals surface area contributed by atoms with Gasteiger partial charge in [-0.15, -0.1) is 10.2 Å². The third-order valence-corrected chi connectivity index (χ3v) is 4.70. The number of halogens is 2. The number of hydrogen-bond acceptors (Lipinski definition) is 5. The molecule has 2 aromatic heterocycles. The molecule has 0 bridgehead atoms. The maximum Gasteiger partial charge on any atom is 0.210 e.